The Kier molecular flexibility index (Phi) is 3.62. The molecule has 0 radical (unpaired) electrons. The SMILES string of the molecule is CCN(C(=O)[O-])c1c(Cl)n(C)c(=O)n(C)c1=O. The first-order valence-corrected chi connectivity index (χ1v) is 5.14. The van der Waals surface area contributed by atoms with Gasteiger partial charge in [0.25, 0.3) is 5.56 Å². The first-order valence-electron chi connectivity index (χ1n) is 4.76. The van der Waals surface area contributed by atoms with E-state index in [-0.39, 0.29) is 17.4 Å². The van der Waals surface area contributed by atoms with Crippen molar-refractivity contribution in [2.45, 2.75) is 6.92 Å². The van der Waals surface area contributed by atoms with E-state index in [2.05, 4.69) is 0 Å². The van der Waals surface area contributed by atoms with E-state index < -0.39 is 17.3 Å². The van der Waals surface area contributed by atoms with Crippen molar-refractivity contribution in [3.8, 4) is 0 Å². The van der Waals surface area contributed by atoms with Gasteiger partial charge in [0.15, 0.2) is 0 Å². The second-order valence-corrected chi connectivity index (χ2v) is 3.71. The molecule has 0 saturated carbocycles. The molecule has 0 aliphatic heterocycles. The highest BCUT2D eigenvalue weighted by Crippen LogP contribution is 2.18. The molecule has 1 aromatic rings. The maximum atomic E-state index is 11.8. The summed E-state index contributed by atoms with van der Waals surface area (Å²) in [6, 6.07) is 0. The van der Waals surface area contributed by atoms with Gasteiger partial charge in [-0.1, -0.05) is 11.6 Å². The van der Waals surface area contributed by atoms with E-state index in [0.29, 0.717) is 4.90 Å². The van der Waals surface area contributed by atoms with Gasteiger partial charge in [0, 0.05) is 20.6 Å². The van der Waals surface area contributed by atoms with Gasteiger partial charge in [0.1, 0.15) is 16.9 Å². The van der Waals surface area contributed by atoms with Gasteiger partial charge in [-0.15, -0.1) is 0 Å². The monoisotopic (exact) mass is 260 g/mol. The molecule has 0 aliphatic rings. The van der Waals surface area contributed by atoms with Crippen LogP contribution in [0.15, 0.2) is 9.59 Å². The van der Waals surface area contributed by atoms with Crippen molar-refractivity contribution in [3.05, 3.63) is 26.0 Å². The van der Waals surface area contributed by atoms with Crippen LogP contribution in [-0.4, -0.2) is 21.8 Å². The summed E-state index contributed by atoms with van der Waals surface area (Å²) in [5, 5.41) is 10.6. The van der Waals surface area contributed by atoms with Gasteiger partial charge in [0.2, 0.25) is 0 Å². The topological polar surface area (TPSA) is 87.4 Å². The molecule has 0 N–H and O–H groups in total. The van der Waals surface area contributed by atoms with E-state index in [9.17, 15) is 19.5 Å². The van der Waals surface area contributed by atoms with Crippen LogP contribution in [0.1, 0.15) is 6.92 Å². The maximum Gasteiger partial charge on any atom is 0.331 e. The summed E-state index contributed by atoms with van der Waals surface area (Å²) < 4.78 is 1.77. The number of nitrogens with zero attached hydrogens (tertiary/aromatic N) is 3. The van der Waals surface area contributed by atoms with Crippen molar-refractivity contribution < 1.29 is 9.90 Å². The quantitative estimate of drug-likeness (QED) is 0.632. The Morgan fingerprint density at radius 3 is 2.29 bits per heavy atom. The highest BCUT2D eigenvalue weighted by molar-refractivity contribution is 6.32. The Balaban J connectivity index is 3.71. The number of rotatable bonds is 2. The van der Waals surface area contributed by atoms with Gasteiger partial charge >= 0.3 is 5.69 Å². The normalized spacial score (nSPS) is 10.4. The van der Waals surface area contributed by atoms with E-state index >= 15 is 0 Å². The van der Waals surface area contributed by atoms with Crippen molar-refractivity contribution in [1.29, 1.82) is 0 Å². The zero-order chi connectivity index (χ0) is 13.3. The van der Waals surface area contributed by atoms with E-state index in [1.54, 1.807) is 0 Å². The third kappa shape index (κ3) is 2.05. The minimum atomic E-state index is -1.55. The third-order valence-electron chi connectivity index (χ3n) is 2.38. The highest BCUT2D eigenvalue weighted by Gasteiger charge is 2.19. The largest absolute Gasteiger partial charge is 0.530 e. The molecule has 7 nitrogen and oxygen atoms in total. The van der Waals surface area contributed by atoms with Gasteiger partial charge < -0.3 is 14.8 Å². The van der Waals surface area contributed by atoms with Crippen molar-refractivity contribution in [1.82, 2.24) is 9.13 Å². The molecule has 0 saturated heterocycles. The first-order chi connectivity index (χ1) is 7.82. The van der Waals surface area contributed by atoms with Crippen LogP contribution in [0.5, 0.6) is 0 Å². The van der Waals surface area contributed by atoms with E-state index in [0.717, 1.165) is 9.13 Å². The molecule has 94 valence electrons. The van der Waals surface area contributed by atoms with Crippen LogP contribution in [0.2, 0.25) is 5.15 Å². The van der Waals surface area contributed by atoms with Gasteiger partial charge in [-0.25, -0.2) is 4.79 Å². The summed E-state index contributed by atoms with van der Waals surface area (Å²) in [5.41, 5.74) is -1.68. The molecule has 0 spiro atoms. The summed E-state index contributed by atoms with van der Waals surface area (Å²) >= 11 is 5.81. The lowest BCUT2D eigenvalue weighted by Gasteiger charge is -2.24. The lowest BCUT2D eigenvalue weighted by Crippen LogP contribution is -2.47. The number of aromatic nitrogens is 2. The summed E-state index contributed by atoms with van der Waals surface area (Å²) in [5.74, 6) is 0. The molecule has 0 fully saturated rings. The molecule has 8 heteroatoms. The fraction of sp³-hybridized carbons (Fsp3) is 0.444. The number of carbonyl (C=O) groups is 1. The molecule has 17 heavy (non-hydrogen) atoms. The summed E-state index contributed by atoms with van der Waals surface area (Å²) in [6.45, 7) is 1.52. The van der Waals surface area contributed by atoms with Gasteiger partial charge in [-0.05, 0) is 6.92 Å². The van der Waals surface area contributed by atoms with Crippen molar-refractivity contribution in [3.63, 3.8) is 0 Å². The maximum absolute atomic E-state index is 11.8. The predicted octanol–water partition coefficient (Wildman–Crippen LogP) is -1.09. The Bertz CT molecular complexity index is 575. The predicted molar refractivity (Wildman–Crippen MR) is 60.4 cm³/mol. The van der Waals surface area contributed by atoms with Crippen LogP contribution < -0.4 is 21.3 Å². The minimum Gasteiger partial charge on any atom is -0.530 e. The molecule has 1 heterocycles. The van der Waals surface area contributed by atoms with Crippen LogP contribution in [0.25, 0.3) is 0 Å². The number of carbonyl (C=O) groups excluding carboxylic acids is 1. The Morgan fingerprint density at radius 1 is 1.35 bits per heavy atom. The molecule has 1 rings (SSSR count). The average molecular weight is 261 g/mol. The lowest BCUT2D eigenvalue weighted by atomic mass is 10.4. The van der Waals surface area contributed by atoms with Gasteiger partial charge in [-0.2, -0.15) is 0 Å². The Morgan fingerprint density at radius 2 is 1.88 bits per heavy atom. The summed E-state index contributed by atoms with van der Waals surface area (Å²) in [6.07, 6.45) is -1.55. The van der Waals surface area contributed by atoms with E-state index in [1.807, 2.05) is 0 Å². The number of anilines is 1. The standard InChI is InChI=1S/C9H12ClN3O4/c1-4-13(9(16)17)5-6(10)11(2)8(15)12(3)7(5)14/h4H2,1-3H3,(H,16,17)/p-1. The number of amides is 1. The molecular weight excluding hydrogens is 250 g/mol. The summed E-state index contributed by atoms with van der Waals surface area (Å²) in [7, 11) is 2.59. The number of hydrogen-bond donors (Lipinski definition) is 0. The van der Waals surface area contributed by atoms with Crippen molar-refractivity contribution >= 4 is 23.4 Å². The number of halogens is 1. The fourth-order valence-electron chi connectivity index (χ4n) is 1.41. The second-order valence-electron chi connectivity index (χ2n) is 3.36. The zero-order valence-corrected chi connectivity index (χ0v) is 10.3. The average Bonchev–Trinajstić information content (AvgIpc) is 2.29. The smallest absolute Gasteiger partial charge is 0.331 e. The van der Waals surface area contributed by atoms with Crippen LogP contribution in [0.4, 0.5) is 10.5 Å². The number of hydrogen-bond acceptors (Lipinski definition) is 4. The fourth-order valence-corrected chi connectivity index (χ4v) is 1.66. The molecule has 0 aromatic carbocycles. The van der Waals surface area contributed by atoms with E-state index in [1.165, 1.54) is 21.0 Å². The molecule has 1 amide bonds. The molecule has 1 aromatic heterocycles. The zero-order valence-electron chi connectivity index (χ0n) is 9.56. The van der Waals surface area contributed by atoms with Crippen LogP contribution in [-0.2, 0) is 14.1 Å². The molecule has 0 aliphatic carbocycles. The Labute approximate surface area is 101 Å². The van der Waals surface area contributed by atoms with Gasteiger partial charge in [-0.3, -0.25) is 13.9 Å². The first kappa shape index (κ1) is 13.3. The molecule has 0 unspecified atom stereocenters. The Hall–Kier alpha value is -1.76. The molecular formula is C9H11ClN3O4-. The van der Waals surface area contributed by atoms with Crippen LogP contribution >= 0.6 is 11.6 Å². The second kappa shape index (κ2) is 4.62. The van der Waals surface area contributed by atoms with Crippen molar-refractivity contribution in [2.24, 2.45) is 14.1 Å². The van der Waals surface area contributed by atoms with Crippen LogP contribution in [0, 0.1) is 0 Å². The summed E-state index contributed by atoms with van der Waals surface area (Å²) in [4.78, 5) is 34.9. The van der Waals surface area contributed by atoms with Crippen LogP contribution in [0.3, 0.4) is 0 Å². The highest BCUT2D eigenvalue weighted by atomic mass is 35.5. The van der Waals surface area contributed by atoms with E-state index in [4.69, 9.17) is 11.6 Å². The minimum absolute atomic E-state index is 0.00447. The number of carboxylic acid groups (broad SMARTS) is 1. The third-order valence-corrected chi connectivity index (χ3v) is 2.81. The molecule has 0 atom stereocenters. The van der Waals surface area contributed by atoms with Crippen molar-refractivity contribution in [2.75, 3.05) is 11.4 Å². The van der Waals surface area contributed by atoms with Gasteiger partial charge in [0.05, 0.1) is 0 Å². The molecule has 0 bridgehead atoms. The lowest BCUT2D eigenvalue weighted by molar-refractivity contribution is -0.246.